The molecule has 0 aliphatic heterocycles. The van der Waals surface area contributed by atoms with E-state index in [2.05, 4.69) is 5.32 Å². The maximum atomic E-state index is 12.9. The zero-order valence-corrected chi connectivity index (χ0v) is 13.0. The number of benzene rings is 2. The molecule has 0 atom stereocenters. The zero-order valence-electron chi connectivity index (χ0n) is 13.0. The Morgan fingerprint density at radius 1 is 1.13 bits per heavy atom. The third-order valence-corrected chi connectivity index (χ3v) is 3.14. The summed E-state index contributed by atoms with van der Waals surface area (Å²) < 4.78 is 23.6. The van der Waals surface area contributed by atoms with Crippen molar-refractivity contribution in [3.05, 3.63) is 59.9 Å². The van der Waals surface area contributed by atoms with Gasteiger partial charge in [0.05, 0.1) is 13.0 Å². The highest BCUT2D eigenvalue weighted by molar-refractivity contribution is 5.69. The standard InChI is InChI=1S/C18H20FNO3/c1-2-22-18(21)11-12-20-13-14-5-3-4-6-17(14)23-16-9-7-15(19)8-10-16/h3-10,20H,2,11-13H2,1H3. The van der Waals surface area contributed by atoms with E-state index in [1.54, 1.807) is 19.1 Å². The Hall–Kier alpha value is -2.40. The van der Waals surface area contributed by atoms with Crippen LogP contribution >= 0.6 is 0 Å². The Bertz CT molecular complexity index is 628. The first-order valence-corrected chi connectivity index (χ1v) is 7.56. The molecular weight excluding hydrogens is 297 g/mol. The van der Waals surface area contributed by atoms with Gasteiger partial charge >= 0.3 is 5.97 Å². The molecule has 0 spiro atoms. The van der Waals surface area contributed by atoms with E-state index < -0.39 is 0 Å². The lowest BCUT2D eigenvalue weighted by Crippen LogP contribution is -2.19. The van der Waals surface area contributed by atoms with Crippen LogP contribution in [0.2, 0.25) is 0 Å². The van der Waals surface area contributed by atoms with Gasteiger partial charge in [0, 0.05) is 18.7 Å². The molecular formula is C18H20FNO3. The number of carbonyl (C=O) groups excluding carboxylic acids is 1. The fourth-order valence-corrected chi connectivity index (χ4v) is 2.03. The molecule has 0 aliphatic carbocycles. The Labute approximate surface area is 135 Å². The van der Waals surface area contributed by atoms with Crippen molar-refractivity contribution in [3.8, 4) is 11.5 Å². The van der Waals surface area contributed by atoms with Crippen molar-refractivity contribution in [2.24, 2.45) is 0 Å². The predicted molar refractivity (Wildman–Crippen MR) is 85.9 cm³/mol. The van der Waals surface area contributed by atoms with E-state index in [4.69, 9.17) is 9.47 Å². The van der Waals surface area contributed by atoms with E-state index in [0.29, 0.717) is 37.6 Å². The number of hydrogen-bond acceptors (Lipinski definition) is 4. The average Bonchev–Trinajstić information content (AvgIpc) is 2.55. The highest BCUT2D eigenvalue weighted by atomic mass is 19.1. The minimum Gasteiger partial charge on any atom is -0.466 e. The first kappa shape index (κ1) is 17.0. The molecule has 0 aromatic heterocycles. The SMILES string of the molecule is CCOC(=O)CCNCc1ccccc1Oc1ccc(F)cc1. The second-order valence-electron chi connectivity index (χ2n) is 4.90. The molecule has 5 heteroatoms. The van der Waals surface area contributed by atoms with Crippen molar-refractivity contribution < 1.29 is 18.7 Å². The summed E-state index contributed by atoms with van der Waals surface area (Å²) in [4.78, 5) is 11.3. The van der Waals surface area contributed by atoms with Crippen molar-refractivity contribution in [2.45, 2.75) is 19.9 Å². The fraction of sp³-hybridized carbons (Fsp3) is 0.278. The van der Waals surface area contributed by atoms with Crippen molar-refractivity contribution in [1.29, 1.82) is 0 Å². The first-order chi connectivity index (χ1) is 11.2. The summed E-state index contributed by atoms with van der Waals surface area (Å²) in [5.74, 6) is 0.759. The van der Waals surface area contributed by atoms with Gasteiger partial charge in [0.15, 0.2) is 0 Å². The second kappa shape index (κ2) is 8.90. The van der Waals surface area contributed by atoms with Gasteiger partial charge in [-0.05, 0) is 37.3 Å². The number of carbonyl (C=O) groups is 1. The van der Waals surface area contributed by atoms with Crippen LogP contribution in [0.5, 0.6) is 11.5 Å². The van der Waals surface area contributed by atoms with E-state index in [0.717, 1.165) is 5.56 Å². The minimum atomic E-state index is -0.300. The maximum Gasteiger partial charge on any atom is 0.307 e. The van der Waals surface area contributed by atoms with Crippen LogP contribution in [0.25, 0.3) is 0 Å². The molecule has 0 saturated carbocycles. The highest BCUT2D eigenvalue weighted by Crippen LogP contribution is 2.25. The Balaban J connectivity index is 1.90. The molecule has 2 aromatic rings. The van der Waals surface area contributed by atoms with Gasteiger partial charge in [-0.2, -0.15) is 0 Å². The Morgan fingerprint density at radius 2 is 1.87 bits per heavy atom. The molecule has 0 fully saturated rings. The van der Waals surface area contributed by atoms with Crippen LogP contribution in [0, 0.1) is 5.82 Å². The van der Waals surface area contributed by atoms with Crippen molar-refractivity contribution in [1.82, 2.24) is 5.32 Å². The molecule has 0 bridgehead atoms. The summed E-state index contributed by atoms with van der Waals surface area (Å²) in [6.07, 6.45) is 0.328. The molecule has 2 aromatic carbocycles. The molecule has 2 rings (SSSR count). The van der Waals surface area contributed by atoms with Crippen molar-refractivity contribution in [3.63, 3.8) is 0 Å². The van der Waals surface area contributed by atoms with Gasteiger partial charge in [0.25, 0.3) is 0 Å². The van der Waals surface area contributed by atoms with Crippen molar-refractivity contribution >= 4 is 5.97 Å². The molecule has 122 valence electrons. The van der Waals surface area contributed by atoms with Crippen LogP contribution in [0.3, 0.4) is 0 Å². The number of rotatable bonds is 8. The van der Waals surface area contributed by atoms with Gasteiger partial charge in [-0.15, -0.1) is 0 Å². The third-order valence-electron chi connectivity index (χ3n) is 3.14. The Kier molecular flexibility index (Phi) is 6.56. The number of nitrogens with one attached hydrogen (secondary N) is 1. The minimum absolute atomic E-state index is 0.212. The summed E-state index contributed by atoms with van der Waals surface area (Å²) in [5.41, 5.74) is 0.959. The lowest BCUT2D eigenvalue weighted by atomic mass is 10.2. The summed E-state index contributed by atoms with van der Waals surface area (Å²) in [6.45, 7) is 3.28. The van der Waals surface area contributed by atoms with Crippen LogP contribution in [0.15, 0.2) is 48.5 Å². The summed E-state index contributed by atoms with van der Waals surface area (Å²) in [5, 5.41) is 3.19. The van der Waals surface area contributed by atoms with Crippen LogP contribution in [0.4, 0.5) is 4.39 Å². The third kappa shape index (κ3) is 5.71. The van der Waals surface area contributed by atoms with E-state index >= 15 is 0 Å². The molecule has 0 unspecified atom stereocenters. The number of esters is 1. The first-order valence-electron chi connectivity index (χ1n) is 7.56. The quantitative estimate of drug-likeness (QED) is 0.596. The lowest BCUT2D eigenvalue weighted by molar-refractivity contribution is -0.142. The van der Waals surface area contributed by atoms with E-state index in [9.17, 15) is 9.18 Å². The van der Waals surface area contributed by atoms with Crippen molar-refractivity contribution in [2.75, 3.05) is 13.2 Å². The number of para-hydroxylation sites is 1. The van der Waals surface area contributed by atoms with Crippen LogP contribution in [-0.4, -0.2) is 19.1 Å². The van der Waals surface area contributed by atoms with Gasteiger partial charge in [-0.1, -0.05) is 18.2 Å². The van der Waals surface area contributed by atoms with E-state index in [1.165, 1.54) is 12.1 Å². The second-order valence-corrected chi connectivity index (χ2v) is 4.90. The van der Waals surface area contributed by atoms with Gasteiger partial charge in [0.2, 0.25) is 0 Å². The number of ether oxygens (including phenoxy) is 2. The van der Waals surface area contributed by atoms with E-state index in [1.807, 2.05) is 24.3 Å². The van der Waals surface area contributed by atoms with E-state index in [-0.39, 0.29) is 11.8 Å². The molecule has 0 aliphatic rings. The largest absolute Gasteiger partial charge is 0.466 e. The van der Waals surface area contributed by atoms with Crippen LogP contribution < -0.4 is 10.1 Å². The molecule has 1 N–H and O–H groups in total. The van der Waals surface area contributed by atoms with Gasteiger partial charge in [-0.25, -0.2) is 4.39 Å². The van der Waals surface area contributed by atoms with Crippen LogP contribution in [-0.2, 0) is 16.1 Å². The normalized spacial score (nSPS) is 10.3. The van der Waals surface area contributed by atoms with Crippen LogP contribution in [0.1, 0.15) is 18.9 Å². The summed E-state index contributed by atoms with van der Waals surface area (Å²) in [6, 6.07) is 13.5. The molecule has 0 radical (unpaired) electrons. The molecule has 0 heterocycles. The lowest BCUT2D eigenvalue weighted by Gasteiger charge is -2.12. The predicted octanol–water partition coefficient (Wildman–Crippen LogP) is 3.66. The van der Waals surface area contributed by atoms with Gasteiger partial charge in [0.1, 0.15) is 17.3 Å². The monoisotopic (exact) mass is 317 g/mol. The fourth-order valence-electron chi connectivity index (χ4n) is 2.03. The number of hydrogen-bond donors (Lipinski definition) is 1. The topological polar surface area (TPSA) is 47.6 Å². The summed E-state index contributed by atoms with van der Waals surface area (Å²) >= 11 is 0. The molecule has 23 heavy (non-hydrogen) atoms. The highest BCUT2D eigenvalue weighted by Gasteiger charge is 2.06. The van der Waals surface area contributed by atoms with Gasteiger partial charge in [-0.3, -0.25) is 4.79 Å². The Morgan fingerprint density at radius 3 is 2.61 bits per heavy atom. The maximum absolute atomic E-state index is 12.9. The zero-order chi connectivity index (χ0) is 16.5. The average molecular weight is 317 g/mol. The smallest absolute Gasteiger partial charge is 0.307 e. The molecule has 4 nitrogen and oxygen atoms in total. The number of halogens is 1. The molecule has 0 amide bonds. The molecule has 0 saturated heterocycles. The summed E-state index contributed by atoms with van der Waals surface area (Å²) in [7, 11) is 0. The van der Waals surface area contributed by atoms with Gasteiger partial charge < -0.3 is 14.8 Å².